The maximum atomic E-state index is 5.66. The van der Waals surface area contributed by atoms with Gasteiger partial charge in [-0.3, -0.25) is 0 Å². The molecule has 1 atom stereocenters. The molecule has 1 aliphatic rings. The Morgan fingerprint density at radius 3 is 2.43 bits per heavy atom. The summed E-state index contributed by atoms with van der Waals surface area (Å²) in [5.74, 6) is 0. The van der Waals surface area contributed by atoms with Crippen LogP contribution in [0.15, 0.2) is 11.1 Å². The van der Waals surface area contributed by atoms with Gasteiger partial charge in [-0.25, -0.2) is 0 Å². The second-order valence-corrected chi connectivity index (χ2v) is 2.44. The molecule has 1 fully saturated rings. The second-order valence-electron chi connectivity index (χ2n) is 1.69. The summed E-state index contributed by atoms with van der Waals surface area (Å²) < 4.78 is 0. The standard InChI is InChI=1S/C5H6Cl2/c6-3-4-1-2-5(4)7/h3,5H,1-2H2. The Morgan fingerprint density at radius 2 is 2.43 bits per heavy atom. The minimum Gasteiger partial charge on any atom is -0.118 e. The molecule has 0 aromatic rings. The van der Waals surface area contributed by atoms with E-state index in [1.54, 1.807) is 5.54 Å². The first-order chi connectivity index (χ1) is 3.34. The molecule has 0 nitrogen and oxygen atoms in total. The smallest absolute Gasteiger partial charge is 0.0559 e. The molecule has 0 amide bonds. The maximum Gasteiger partial charge on any atom is 0.0559 e. The van der Waals surface area contributed by atoms with Crippen molar-refractivity contribution in [3.8, 4) is 0 Å². The van der Waals surface area contributed by atoms with Crippen LogP contribution < -0.4 is 0 Å². The van der Waals surface area contributed by atoms with Gasteiger partial charge in [-0.05, 0) is 18.4 Å². The second kappa shape index (κ2) is 2.06. The van der Waals surface area contributed by atoms with E-state index in [4.69, 9.17) is 23.2 Å². The molecule has 0 aromatic heterocycles. The van der Waals surface area contributed by atoms with Crippen LogP contribution in [0.1, 0.15) is 12.8 Å². The first-order valence-electron chi connectivity index (χ1n) is 2.28. The van der Waals surface area contributed by atoms with Crippen LogP contribution in [0, 0.1) is 0 Å². The molecular formula is C5H6Cl2. The molecule has 7 heavy (non-hydrogen) atoms. The Labute approximate surface area is 53.1 Å². The van der Waals surface area contributed by atoms with Crippen molar-refractivity contribution in [2.75, 3.05) is 0 Å². The fourth-order valence-electron chi connectivity index (χ4n) is 0.543. The fraction of sp³-hybridized carbons (Fsp3) is 0.600. The molecule has 0 aromatic carbocycles. The van der Waals surface area contributed by atoms with Gasteiger partial charge in [0.05, 0.1) is 5.38 Å². The van der Waals surface area contributed by atoms with Gasteiger partial charge in [0, 0.05) is 5.54 Å². The summed E-state index contributed by atoms with van der Waals surface area (Å²) in [6.45, 7) is 0. The summed E-state index contributed by atoms with van der Waals surface area (Å²) in [5.41, 5.74) is 2.77. The van der Waals surface area contributed by atoms with E-state index in [9.17, 15) is 0 Å². The number of hydrogen-bond donors (Lipinski definition) is 0. The first kappa shape index (κ1) is 5.46. The third kappa shape index (κ3) is 0.920. The highest BCUT2D eigenvalue weighted by atomic mass is 35.5. The molecule has 1 unspecified atom stereocenters. The predicted molar refractivity (Wildman–Crippen MR) is 32.8 cm³/mol. The molecule has 1 aliphatic carbocycles. The summed E-state index contributed by atoms with van der Waals surface area (Å²) >= 11 is 11.0. The van der Waals surface area contributed by atoms with Gasteiger partial charge >= 0.3 is 0 Å². The van der Waals surface area contributed by atoms with E-state index < -0.39 is 0 Å². The van der Waals surface area contributed by atoms with E-state index in [0.717, 1.165) is 12.8 Å². The van der Waals surface area contributed by atoms with Crippen LogP contribution in [0.25, 0.3) is 0 Å². The third-order valence-electron chi connectivity index (χ3n) is 1.23. The maximum absolute atomic E-state index is 5.66. The minimum atomic E-state index is 0.248. The molecule has 1 saturated carbocycles. The molecule has 0 aliphatic heterocycles. The van der Waals surface area contributed by atoms with Crippen LogP contribution in [-0.4, -0.2) is 5.38 Å². The van der Waals surface area contributed by atoms with E-state index in [-0.39, 0.29) is 5.38 Å². The van der Waals surface area contributed by atoms with Crippen LogP contribution in [-0.2, 0) is 0 Å². The monoisotopic (exact) mass is 136 g/mol. The molecule has 0 spiro atoms. The zero-order chi connectivity index (χ0) is 5.28. The van der Waals surface area contributed by atoms with E-state index >= 15 is 0 Å². The highest BCUT2D eigenvalue weighted by molar-refractivity contribution is 6.28. The van der Waals surface area contributed by atoms with Crippen molar-refractivity contribution in [2.45, 2.75) is 18.2 Å². The lowest BCUT2D eigenvalue weighted by Gasteiger charge is -2.22. The Morgan fingerprint density at radius 1 is 1.71 bits per heavy atom. The number of allylic oxidation sites excluding steroid dienone is 1. The van der Waals surface area contributed by atoms with Crippen molar-refractivity contribution in [3.63, 3.8) is 0 Å². The fourth-order valence-corrected chi connectivity index (χ4v) is 1.15. The molecule has 40 valence electrons. The Bertz CT molecular complexity index is 96.3. The van der Waals surface area contributed by atoms with Gasteiger partial charge in [0.15, 0.2) is 0 Å². The lowest BCUT2D eigenvalue weighted by Crippen LogP contribution is -2.13. The lowest BCUT2D eigenvalue weighted by molar-refractivity contribution is 0.674. The molecule has 0 heterocycles. The van der Waals surface area contributed by atoms with Gasteiger partial charge < -0.3 is 0 Å². The van der Waals surface area contributed by atoms with E-state index in [1.165, 1.54) is 5.57 Å². The molecule has 0 saturated heterocycles. The van der Waals surface area contributed by atoms with Crippen LogP contribution in [0.5, 0.6) is 0 Å². The Hall–Kier alpha value is 0.320. The van der Waals surface area contributed by atoms with Crippen LogP contribution in [0.3, 0.4) is 0 Å². The quantitative estimate of drug-likeness (QED) is 0.450. The molecule has 0 N–H and O–H groups in total. The summed E-state index contributed by atoms with van der Waals surface area (Å²) in [6.07, 6.45) is 2.19. The van der Waals surface area contributed by atoms with Gasteiger partial charge in [0.1, 0.15) is 0 Å². The number of hydrogen-bond acceptors (Lipinski definition) is 0. The number of rotatable bonds is 0. The molecule has 0 radical (unpaired) electrons. The summed E-state index contributed by atoms with van der Waals surface area (Å²) in [7, 11) is 0. The largest absolute Gasteiger partial charge is 0.118 e. The third-order valence-corrected chi connectivity index (χ3v) is 2.01. The van der Waals surface area contributed by atoms with E-state index in [1.807, 2.05) is 0 Å². The zero-order valence-corrected chi connectivity index (χ0v) is 5.34. The average molecular weight is 137 g/mol. The number of halogens is 2. The lowest BCUT2D eigenvalue weighted by atomic mass is 9.94. The van der Waals surface area contributed by atoms with Crippen LogP contribution in [0.4, 0.5) is 0 Å². The van der Waals surface area contributed by atoms with Gasteiger partial charge in [0.2, 0.25) is 0 Å². The van der Waals surface area contributed by atoms with Crippen LogP contribution >= 0.6 is 23.2 Å². The molecule has 0 bridgehead atoms. The van der Waals surface area contributed by atoms with Gasteiger partial charge in [-0.15, -0.1) is 11.6 Å². The van der Waals surface area contributed by atoms with Crippen LogP contribution in [0.2, 0.25) is 0 Å². The van der Waals surface area contributed by atoms with Crippen molar-refractivity contribution < 1.29 is 0 Å². The first-order valence-corrected chi connectivity index (χ1v) is 3.15. The summed E-state index contributed by atoms with van der Waals surface area (Å²) in [6, 6.07) is 0. The van der Waals surface area contributed by atoms with E-state index in [2.05, 4.69) is 0 Å². The SMILES string of the molecule is ClC=C1CCC1Cl. The number of alkyl halides is 1. The van der Waals surface area contributed by atoms with Crippen molar-refractivity contribution in [1.82, 2.24) is 0 Å². The molecular weight excluding hydrogens is 131 g/mol. The van der Waals surface area contributed by atoms with E-state index in [0.29, 0.717) is 0 Å². The summed E-state index contributed by atoms with van der Waals surface area (Å²) in [4.78, 5) is 0. The molecule has 2 heteroatoms. The Balaban J connectivity index is 2.44. The zero-order valence-electron chi connectivity index (χ0n) is 3.82. The average Bonchev–Trinajstić information content (AvgIpc) is 1.65. The highest BCUT2D eigenvalue weighted by Crippen LogP contribution is 2.31. The normalized spacial score (nSPS) is 35.7. The van der Waals surface area contributed by atoms with Crippen molar-refractivity contribution >= 4 is 23.2 Å². The molecule has 1 rings (SSSR count). The topological polar surface area (TPSA) is 0 Å². The van der Waals surface area contributed by atoms with Crippen molar-refractivity contribution in [1.29, 1.82) is 0 Å². The van der Waals surface area contributed by atoms with Gasteiger partial charge in [-0.1, -0.05) is 11.6 Å². The highest BCUT2D eigenvalue weighted by Gasteiger charge is 2.19. The Kier molecular flexibility index (Phi) is 1.61. The van der Waals surface area contributed by atoms with Crippen molar-refractivity contribution in [3.05, 3.63) is 11.1 Å². The predicted octanol–water partition coefficient (Wildman–Crippen LogP) is 2.51. The van der Waals surface area contributed by atoms with Gasteiger partial charge in [0.25, 0.3) is 0 Å². The van der Waals surface area contributed by atoms with Crippen molar-refractivity contribution in [2.24, 2.45) is 0 Å². The minimum absolute atomic E-state index is 0.248. The van der Waals surface area contributed by atoms with Gasteiger partial charge in [-0.2, -0.15) is 0 Å². The summed E-state index contributed by atoms with van der Waals surface area (Å²) in [5, 5.41) is 0.248.